The molecular formula is C13H21F3N4. The maximum Gasteiger partial charge on any atom is 0.390 e. The summed E-state index contributed by atoms with van der Waals surface area (Å²) in [4.78, 5) is 9.79. The van der Waals surface area contributed by atoms with Gasteiger partial charge < -0.3 is 10.2 Å². The highest BCUT2D eigenvalue weighted by Gasteiger charge is 2.27. The summed E-state index contributed by atoms with van der Waals surface area (Å²) in [6.45, 7) is 5.49. The van der Waals surface area contributed by atoms with Gasteiger partial charge in [0.25, 0.3) is 0 Å². The van der Waals surface area contributed by atoms with Crippen LogP contribution in [0.15, 0.2) is 12.4 Å². The number of aromatic nitrogens is 2. The summed E-state index contributed by atoms with van der Waals surface area (Å²) in [7, 11) is 1.58. The Morgan fingerprint density at radius 2 is 2.00 bits per heavy atom. The molecule has 0 spiro atoms. The van der Waals surface area contributed by atoms with Gasteiger partial charge in [-0.1, -0.05) is 13.8 Å². The lowest BCUT2D eigenvalue weighted by Crippen LogP contribution is -2.26. The molecule has 0 saturated carbocycles. The first-order valence-electron chi connectivity index (χ1n) is 6.57. The Balaban J connectivity index is 2.53. The second-order valence-electron chi connectivity index (χ2n) is 5.18. The molecule has 0 saturated heterocycles. The average molecular weight is 290 g/mol. The molecule has 0 bridgehead atoms. The minimum Gasteiger partial charge on any atom is -0.358 e. The predicted octanol–water partition coefficient (Wildman–Crippen LogP) is 2.61. The maximum absolute atomic E-state index is 12.2. The summed E-state index contributed by atoms with van der Waals surface area (Å²) in [5, 5.41) is 3.22. The van der Waals surface area contributed by atoms with Gasteiger partial charge in [-0.25, -0.2) is 4.98 Å². The lowest BCUT2D eigenvalue weighted by molar-refractivity contribution is -0.132. The first-order chi connectivity index (χ1) is 9.28. The smallest absolute Gasteiger partial charge is 0.358 e. The number of alkyl halides is 3. The van der Waals surface area contributed by atoms with E-state index in [-0.39, 0.29) is 6.54 Å². The van der Waals surface area contributed by atoms with E-state index in [4.69, 9.17) is 0 Å². The topological polar surface area (TPSA) is 41.1 Å². The molecule has 0 atom stereocenters. The predicted molar refractivity (Wildman–Crippen MR) is 72.5 cm³/mol. The molecule has 0 amide bonds. The second-order valence-corrected chi connectivity index (χ2v) is 5.18. The molecule has 0 aliphatic carbocycles. The zero-order valence-electron chi connectivity index (χ0n) is 12.0. The van der Waals surface area contributed by atoms with Crippen LogP contribution < -0.4 is 10.2 Å². The van der Waals surface area contributed by atoms with E-state index in [0.717, 1.165) is 12.2 Å². The van der Waals surface area contributed by atoms with E-state index >= 15 is 0 Å². The Bertz CT molecular complexity index is 407. The number of halogens is 3. The molecule has 1 aromatic rings. The molecule has 0 aliphatic rings. The molecule has 1 rings (SSSR count). The van der Waals surface area contributed by atoms with Crippen LogP contribution in [0.3, 0.4) is 0 Å². The van der Waals surface area contributed by atoms with Crippen LogP contribution in [0.4, 0.5) is 19.0 Å². The highest BCUT2D eigenvalue weighted by Crippen LogP contribution is 2.20. The summed E-state index contributed by atoms with van der Waals surface area (Å²) in [5.74, 6) is 0.985. The van der Waals surface area contributed by atoms with Gasteiger partial charge in [-0.05, 0) is 12.5 Å². The SMILES string of the molecule is CC(C)CNCc1cncc(N(C)CCC(F)(F)F)n1. The van der Waals surface area contributed by atoms with Crippen molar-refractivity contribution in [1.82, 2.24) is 15.3 Å². The highest BCUT2D eigenvalue weighted by atomic mass is 19.4. The third-order valence-corrected chi connectivity index (χ3v) is 2.65. The molecule has 114 valence electrons. The van der Waals surface area contributed by atoms with Gasteiger partial charge in [0.15, 0.2) is 0 Å². The number of anilines is 1. The highest BCUT2D eigenvalue weighted by molar-refractivity contribution is 5.34. The quantitative estimate of drug-likeness (QED) is 0.838. The van der Waals surface area contributed by atoms with Gasteiger partial charge >= 0.3 is 6.18 Å². The molecule has 1 N–H and O–H groups in total. The van der Waals surface area contributed by atoms with E-state index in [2.05, 4.69) is 29.1 Å². The van der Waals surface area contributed by atoms with Crippen LogP contribution in [0.5, 0.6) is 0 Å². The zero-order valence-corrected chi connectivity index (χ0v) is 12.0. The minimum atomic E-state index is -4.15. The molecule has 1 heterocycles. The van der Waals surface area contributed by atoms with Crippen LogP contribution >= 0.6 is 0 Å². The molecule has 0 unspecified atom stereocenters. The molecule has 20 heavy (non-hydrogen) atoms. The maximum atomic E-state index is 12.2. The van der Waals surface area contributed by atoms with Crippen LogP contribution in [0.1, 0.15) is 26.0 Å². The summed E-state index contributed by atoms with van der Waals surface area (Å²) >= 11 is 0. The van der Waals surface area contributed by atoms with Gasteiger partial charge in [-0.3, -0.25) is 4.98 Å². The number of hydrogen-bond acceptors (Lipinski definition) is 4. The van der Waals surface area contributed by atoms with E-state index in [9.17, 15) is 13.2 Å². The fraction of sp³-hybridized carbons (Fsp3) is 0.692. The van der Waals surface area contributed by atoms with Gasteiger partial charge in [0, 0.05) is 26.3 Å². The molecule has 4 nitrogen and oxygen atoms in total. The second kappa shape index (κ2) is 7.42. The van der Waals surface area contributed by atoms with Gasteiger partial charge in [-0.15, -0.1) is 0 Å². The van der Waals surface area contributed by atoms with Gasteiger partial charge in [-0.2, -0.15) is 13.2 Å². The third-order valence-electron chi connectivity index (χ3n) is 2.65. The van der Waals surface area contributed by atoms with Gasteiger partial charge in [0.2, 0.25) is 0 Å². The van der Waals surface area contributed by atoms with Gasteiger partial charge in [0.05, 0.1) is 18.3 Å². The summed E-state index contributed by atoms with van der Waals surface area (Å²) in [6.07, 6.45) is -1.92. The van der Waals surface area contributed by atoms with Crippen molar-refractivity contribution in [3.05, 3.63) is 18.1 Å². The van der Waals surface area contributed by atoms with Crippen molar-refractivity contribution in [3.8, 4) is 0 Å². The van der Waals surface area contributed by atoms with Crippen molar-refractivity contribution in [2.45, 2.75) is 33.0 Å². The average Bonchev–Trinajstić information content (AvgIpc) is 2.35. The Kier molecular flexibility index (Phi) is 6.19. The molecule has 1 aromatic heterocycles. The largest absolute Gasteiger partial charge is 0.390 e. The first-order valence-corrected chi connectivity index (χ1v) is 6.57. The Morgan fingerprint density at radius 1 is 1.30 bits per heavy atom. The summed E-state index contributed by atoms with van der Waals surface area (Å²) in [6, 6.07) is 0. The molecule has 0 radical (unpaired) electrons. The van der Waals surface area contributed by atoms with Crippen molar-refractivity contribution in [2.24, 2.45) is 5.92 Å². The minimum absolute atomic E-state index is 0.124. The standard InChI is InChI=1S/C13H21F3N4/c1-10(2)6-17-7-11-8-18-9-12(19-11)20(3)5-4-13(14,15)16/h8-10,17H,4-7H2,1-3H3. The molecule has 0 aromatic carbocycles. The number of nitrogens with one attached hydrogen (secondary N) is 1. The van der Waals surface area contributed by atoms with Crippen molar-refractivity contribution >= 4 is 5.82 Å². The number of hydrogen-bond donors (Lipinski definition) is 1. The van der Waals surface area contributed by atoms with E-state index in [1.807, 2.05) is 0 Å². The van der Waals surface area contributed by atoms with Crippen LogP contribution in [0, 0.1) is 5.92 Å². The molecular weight excluding hydrogens is 269 g/mol. The van der Waals surface area contributed by atoms with Crippen molar-refractivity contribution in [3.63, 3.8) is 0 Å². The Morgan fingerprint density at radius 3 is 2.60 bits per heavy atom. The summed E-state index contributed by atoms with van der Waals surface area (Å²) in [5.41, 5.74) is 0.724. The van der Waals surface area contributed by atoms with Crippen LogP contribution in [0.2, 0.25) is 0 Å². The molecule has 0 aliphatic heterocycles. The van der Waals surface area contributed by atoms with Crippen LogP contribution in [-0.4, -0.2) is 36.3 Å². The summed E-state index contributed by atoms with van der Waals surface area (Å²) < 4.78 is 36.5. The molecule has 7 heteroatoms. The zero-order chi connectivity index (χ0) is 15.2. The lowest BCUT2D eigenvalue weighted by atomic mass is 10.2. The van der Waals surface area contributed by atoms with Crippen LogP contribution in [-0.2, 0) is 6.54 Å². The third kappa shape index (κ3) is 6.70. The fourth-order valence-corrected chi connectivity index (χ4v) is 1.56. The van der Waals surface area contributed by atoms with Crippen molar-refractivity contribution < 1.29 is 13.2 Å². The number of rotatable bonds is 7. The number of nitrogens with zero attached hydrogens (tertiary/aromatic N) is 3. The monoisotopic (exact) mass is 290 g/mol. The fourth-order valence-electron chi connectivity index (χ4n) is 1.56. The first kappa shape index (κ1) is 16.7. The Hall–Kier alpha value is -1.37. The van der Waals surface area contributed by atoms with Crippen LogP contribution in [0.25, 0.3) is 0 Å². The lowest BCUT2D eigenvalue weighted by Gasteiger charge is -2.19. The molecule has 0 fully saturated rings. The normalized spacial score (nSPS) is 11.9. The van der Waals surface area contributed by atoms with Crippen molar-refractivity contribution in [2.75, 3.05) is 25.0 Å². The van der Waals surface area contributed by atoms with E-state index in [1.165, 1.54) is 11.1 Å². The van der Waals surface area contributed by atoms with Gasteiger partial charge in [0.1, 0.15) is 5.82 Å². The Labute approximate surface area is 117 Å². The van der Waals surface area contributed by atoms with E-state index in [1.54, 1.807) is 13.2 Å². The van der Waals surface area contributed by atoms with E-state index < -0.39 is 12.6 Å². The van der Waals surface area contributed by atoms with E-state index in [0.29, 0.717) is 18.3 Å². The van der Waals surface area contributed by atoms with Crippen molar-refractivity contribution in [1.29, 1.82) is 0 Å².